The van der Waals surface area contributed by atoms with E-state index in [2.05, 4.69) is 16.3 Å². The van der Waals surface area contributed by atoms with Crippen molar-refractivity contribution in [3.63, 3.8) is 0 Å². The van der Waals surface area contributed by atoms with Crippen molar-refractivity contribution in [2.45, 2.75) is 0 Å². The average Bonchev–Trinajstić information content (AvgIpc) is 1.38. The molecule has 0 aliphatic carbocycles. The molecule has 0 aromatic carbocycles. The number of nitrogens with zero attached hydrogens (tertiary/aromatic N) is 1. The molecule has 5 nitrogen and oxygen atoms in total. The molecule has 0 aliphatic heterocycles. The van der Waals surface area contributed by atoms with Crippen molar-refractivity contribution in [2.75, 3.05) is 0 Å². The SMILES string of the molecule is O.O=[N+]([O-])OCl. The van der Waals surface area contributed by atoms with E-state index in [4.69, 9.17) is 10.1 Å². The van der Waals surface area contributed by atoms with Crippen molar-refractivity contribution >= 4 is 11.9 Å². The van der Waals surface area contributed by atoms with Crippen LogP contribution in [0.3, 0.4) is 0 Å². The second-order valence-electron chi connectivity index (χ2n) is 0.293. The molecule has 0 bridgehead atoms. The zero-order valence-corrected chi connectivity index (χ0v) is 3.31. The molecule has 0 atom stereocenters. The van der Waals surface area contributed by atoms with Gasteiger partial charge in [0.1, 0.15) is 11.9 Å². The normalized spacial score (nSPS) is 5.50. The van der Waals surface area contributed by atoms with E-state index in [0.29, 0.717) is 0 Å². The van der Waals surface area contributed by atoms with E-state index >= 15 is 0 Å². The third-order valence-corrected chi connectivity index (χ3v) is 0.169. The molecular weight excluding hydrogens is 113 g/mol. The van der Waals surface area contributed by atoms with Crippen LogP contribution in [0.5, 0.6) is 0 Å². The minimum Gasteiger partial charge on any atom is -0.412 e. The van der Waals surface area contributed by atoms with Gasteiger partial charge in [-0.25, -0.2) is 0 Å². The fraction of sp³-hybridized carbons (Fsp3) is 0. The molecule has 6 heteroatoms. The van der Waals surface area contributed by atoms with Gasteiger partial charge in [-0.15, -0.1) is 10.1 Å². The lowest BCUT2D eigenvalue weighted by molar-refractivity contribution is -0.714. The Kier molecular flexibility index (Phi) is 6.72. The highest BCUT2D eigenvalue weighted by molar-refractivity contribution is 6.06. The quantitative estimate of drug-likeness (QED) is 0.342. The standard InChI is InChI=1S/ClNO3.H2O/c1-5-2(3)4;/h;1H2. The van der Waals surface area contributed by atoms with Crippen molar-refractivity contribution < 1.29 is 15.0 Å². The first kappa shape index (κ1) is 9.07. The summed E-state index contributed by atoms with van der Waals surface area (Å²) >= 11 is 4.14. The van der Waals surface area contributed by atoms with Crippen LogP contribution in [0.2, 0.25) is 0 Å². The molecule has 6 heavy (non-hydrogen) atoms. The first-order valence-corrected chi connectivity index (χ1v) is 1.01. The fourth-order valence-corrected chi connectivity index (χ4v) is 0. The van der Waals surface area contributed by atoms with Crippen molar-refractivity contribution in [2.24, 2.45) is 0 Å². The van der Waals surface area contributed by atoms with Gasteiger partial charge >= 0.3 is 5.09 Å². The number of rotatable bonds is 1. The first-order chi connectivity index (χ1) is 2.27. The van der Waals surface area contributed by atoms with E-state index in [0.717, 1.165) is 0 Å². The van der Waals surface area contributed by atoms with Crippen LogP contribution in [0, 0.1) is 10.1 Å². The van der Waals surface area contributed by atoms with Crippen molar-refractivity contribution in [1.29, 1.82) is 0 Å². The molecule has 38 valence electrons. The topological polar surface area (TPSA) is 83.9 Å². The molecule has 0 aromatic rings. The lowest BCUT2D eigenvalue weighted by Crippen LogP contribution is -1.85. The Labute approximate surface area is 38.1 Å². The Morgan fingerprint density at radius 2 is 2.00 bits per heavy atom. The molecule has 0 radical (unpaired) electrons. The van der Waals surface area contributed by atoms with Crippen LogP contribution in [-0.2, 0) is 4.39 Å². The van der Waals surface area contributed by atoms with Gasteiger partial charge in [-0.2, -0.15) is 4.39 Å². The predicted molar refractivity (Wildman–Crippen MR) is 17.5 cm³/mol. The van der Waals surface area contributed by atoms with Crippen LogP contribution < -0.4 is 0 Å². The van der Waals surface area contributed by atoms with E-state index in [-0.39, 0.29) is 5.48 Å². The molecule has 0 heterocycles. The molecule has 0 unspecified atom stereocenters. The summed E-state index contributed by atoms with van der Waals surface area (Å²) in [5.74, 6) is 0. The van der Waals surface area contributed by atoms with Gasteiger partial charge in [0.25, 0.3) is 0 Å². The van der Waals surface area contributed by atoms with E-state index < -0.39 is 5.09 Å². The maximum Gasteiger partial charge on any atom is 0.311 e. The number of hydrogen-bond donors (Lipinski definition) is 0. The summed E-state index contributed by atoms with van der Waals surface area (Å²) in [5, 5.41) is 7.71. The molecule has 0 saturated heterocycles. The Morgan fingerprint density at radius 1 is 1.83 bits per heavy atom. The number of halogens is 1. The first-order valence-electron chi connectivity index (χ1n) is 0.702. The van der Waals surface area contributed by atoms with Crippen molar-refractivity contribution in [1.82, 2.24) is 0 Å². The lowest BCUT2D eigenvalue weighted by atomic mass is 13.1. The lowest BCUT2D eigenvalue weighted by Gasteiger charge is -1.69. The summed E-state index contributed by atoms with van der Waals surface area (Å²) in [5.41, 5.74) is 0. The molecule has 0 saturated carbocycles. The molecule has 0 spiro atoms. The van der Waals surface area contributed by atoms with Crippen molar-refractivity contribution in [3.8, 4) is 0 Å². The molecule has 2 N–H and O–H groups in total. The van der Waals surface area contributed by atoms with Gasteiger partial charge in [-0.05, 0) is 0 Å². The van der Waals surface area contributed by atoms with Gasteiger partial charge in [0, 0.05) is 0 Å². The third-order valence-electron chi connectivity index (χ3n) is 0.0563. The molecule has 0 aliphatic rings. The van der Waals surface area contributed by atoms with Gasteiger partial charge in [0.2, 0.25) is 0 Å². The maximum absolute atomic E-state index is 8.82. The third kappa shape index (κ3) is 9.85. The summed E-state index contributed by atoms with van der Waals surface area (Å²) in [4.78, 5) is 8.82. The predicted octanol–water partition coefficient (Wildman–Crippen LogP) is -0.476. The van der Waals surface area contributed by atoms with Gasteiger partial charge < -0.3 is 5.48 Å². The fourth-order valence-electron chi connectivity index (χ4n) is 0. The maximum atomic E-state index is 8.82. The second-order valence-corrected chi connectivity index (χ2v) is 0.431. The van der Waals surface area contributed by atoms with Gasteiger partial charge in [0.05, 0.1) is 0 Å². The van der Waals surface area contributed by atoms with Gasteiger partial charge in [0.15, 0.2) is 0 Å². The largest absolute Gasteiger partial charge is 0.412 e. The Hall–Kier alpha value is -0.550. The minimum atomic E-state index is -1.11. The van der Waals surface area contributed by atoms with E-state index in [9.17, 15) is 0 Å². The Bertz CT molecular complexity index is 42.8. The zero-order valence-electron chi connectivity index (χ0n) is 2.55. The highest BCUT2D eigenvalue weighted by Crippen LogP contribution is 1.73. The van der Waals surface area contributed by atoms with Crippen LogP contribution in [0.25, 0.3) is 0 Å². The van der Waals surface area contributed by atoms with Gasteiger partial charge in [-0.1, -0.05) is 0 Å². The van der Waals surface area contributed by atoms with E-state index in [1.807, 2.05) is 0 Å². The van der Waals surface area contributed by atoms with Crippen LogP contribution >= 0.6 is 11.9 Å². The molecule has 0 aromatic heterocycles. The van der Waals surface area contributed by atoms with Crippen LogP contribution in [0.15, 0.2) is 0 Å². The number of hydrogen-bond acceptors (Lipinski definition) is 3. The zero-order chi connectivity index (χ0) is 4.28. The Morgan fingerprint density at radius 3 is 2.00 bits per heavy atom. The van der Waals surface area contributed by atoms with Crippen LogP contribution in [0.4, 0.5) is 0 Å². The summed E-state index contributed by atoms with van der Waals surface area (Å²) in [6.07, 6.45) is 0. The van der Waals surface area contributed by atoms with Crippen LogP contribution in [-0.4, -0.2) is 10.6 Å². The van der Waals surface area contributed by atoms with E-state index in [1.54, 1.807) is 0 Å². The van der Waals surface area contributed by atoms with Crippen LogP contribution in [0.1, 0.15) is 0 Å². The summed E-state index contributed by atoms with van der Waals surface area (Å²) in [6, 6.07) is 0. The second kappa shape index (κ2) is 4.45. The summed E-state index contributed by atoms with van der Waals surface area (Å²) < 4.78 is 2.94. The van der Waals surface area contributed by atoms with Crippen molar-refractivity contribution in [3.05, 3.63) is 10.1 Å². The molecule has 0 fully saturated rings. The average molecular weight is 115 g/mol. The van der Waals surface area contributed by atoms with E-state index in [1.165, 1.54) is 0 Å². The highest BCUT2D eigenvalue weighted by Gasteiger charge is 1.80. The monoisotopic (exact) mass is 115 g/mol. The Balaban J connectivity index is 0. The summed E-state index contributed by atoms with van der Waals surface area (Å²) in [6.45, 7) is 0. The smallest absolute Gasteiger partial charge is 0.311 e. The highest BCUT2D eigenvalue weighted by atomic mass is 35.5. The minimum absolute atomic E-state index is 0. The molecule has 0 rings (SSSR count). The molecular formula is H2ClNO4. The summed E-state index contributed by atoms with van der Waals surface area (Å²) in [7, 11) is 0. The molecule has 0 amide bonds. The van der Waals surface area contributed by atoms with Gasteiger partial charge in [-0.3, -0.25) is 0 Å².